The third-order valence-corrected chi connectivity index (χ3v) is 9.65. The maximum absolute atomic E-state index is 11.9. The van der Waals surface area contributed by atoms with E-state index in [2.05, 4.69) is 74.2 Å². The van der Waals surface area contributed by atoms with E-state index < -0.39 is 5.97 Å². The smallest absolute Gasteiger partial charge is 0.335 e. The van der Waals surface area contributed by atoms with E-state index in [0.29, 0.717) is 25.0 Å². The third kappa shape index (κ3) is 8.90. The molecule has 1 unspecified atom stereocenters. The second-order valence-electron chi connectivity index (χ2n) is 12.3. The Morgan fingerprint density at radius 2 is 1.41 bits per heavy atom. The van der Waals surface area contributed by atoms with Crippen molar-refractivity contribution in [1.29, 1.82) is 0 Å². The van der Waals surface area contributed by atoms with Crippen LogP contribution in [0.25, 0.3) is 11.1 Å². The lowest BCUT2D eigenvalue weighted by Gasteiger charge is -2.33. The van der Waals surface area contributed by atoms with Crippen LogP contribution in [-0.2, 0) is 14.3 Å². The molecule has 2 fully saturated rings. The Morgan fingerprint density at radius 3 is 1.90 bits per heavy atom. The quantitative estimate of drug-likeness (QED) is 0.152. The Hall–Kier alpha value is -2.69. The van der Waals surface area contributed by atoms with Crippen molar-refractivity contribution in [3.8, 4) is 11.1 Å². The summed E-state index contributed by atoms with van der Waals surface area (Å²) in [5.74, 6) is 2.30. The minimum absolute atomic E-state index is 0.0953. The minimum Gasteiger partial charge on any atom is -0.462 e. The normalized spacial score (nSPS) is 23.8. The molecule has 0 aromatic heterocycles. The SMILES string of the molecule is C=C(CO)C(=O)OCC(COC)C1CCC(c2ccc(-c3ccc(C4CCC(CC/C=C/C)CC4)cc3)cc2)CC1. The fourth-order valence-corrected chi connectivity index (χ4v) is 6.99. The summed E-state index contributed by atoms with van der Waals surface area (Å²) in [4.78, 5) is 11.9. The molecule has 2 aromatic carbocycles. The van der Waals surface area contributed by atoms with Gasteiger partial charge in [0.1, 0.15) is 0 Å². The molecule has 0 saturated heterocycles. The van der Waals surface area contributed by atoms with Gasteiger partial charge in [0.25, 0.3) is 0 Å². The monoisotopic (exact) mass is 558 g/mol. The molecule has 222 valence electrons. The van der Waals surface area contributed by atoms with Crippen molar-refractivity contribution in [2.45, 2.75) is 83.0 Å². The molecule has 0 heterocycles. The van der Waals surface area contributed by atoms with Crippen LogP contribution >= 0.6 is 0 Å². The Morgan fingerprint density at radius 1 is 0.878 bits per heavy atom. The Kier molecular flexibility index (Phi) is 12.3. The van der Waals surface area contributed by atoms with Crippen LogP contribution in [0.15, 0.2) is 72.8 Å². The Bertz CT molecular complexity index is 1100. The highest BCUT2D eigenvalue weighted by Crippen LogP contribution is 2.40. The van der Waals surface area contributed by atoms with Crippen LogP contribution in [0.1, 0.15) is 94.1 Å². The van der Waals surface area contributed by atoms with Gasteiger partial charge in [0.05, 0.1) is 25.4 Å². The van der Waals surface area contributed by atoms with Crippen molar-refractivity contribution in [1.82, 2.24) is 0 Å². The lowest BCUT2D eigenvalue weighted by molar-refractivity contribution is -0.142. The molecule has 2 aliphatic rings. The van der Waals surface area contributed by atoms with E-state index in [4.69, 9.17) is 14.6 Å². The number of rotatable bonds is 13. The van der Waals surface area contributed by atoms with Gasteiger partial charge in [0.15, 0.2) is 0 Å². The van der Waals surface area contributed by atoms with Gasteiger partial charge in [-0.1, -0.05) is 67.3 Å². The molecule has 2 saturated carbocycles. The zero-order chi connectivity index (χ0) is 29.0. The van der Waals surface area contributed by atoms with Gasteiger partial charge in [-0.15, -0.1) is 0 Å². The first-order valence-corrected chi connectivity index (χ1v) is 15.8. The summed E-state index contributed by atoms with van der Waals surface area (Å²) in [6.07, 6.45) is 16.9. The van der Waals surface area contributed by atoms with Crippen molar-refractivity contribution >= 4 is 5.97 Å². The number of benzene rings is 2. The van der Waals surface area contributed by atoms with E-state index in [0.717, 1.165) is 37.5 Å². The summed E-state index contributed by atoms with van der Waals surface area (Å²) in [5.41, 5.74) is 5.61. The molecule has 1 N–H and O–H groups in total. The molecule has 4 nitrogen and oxygen atoms in total. The molecule has 0 bridgehead atoms. The number of carbonyl (C=O) groups excluding carboxylic acids is 1. The number of esters is 1. The van der Waals surface area contributed by atoms with E-state index in [1.165, 1.54) is 60.8 Å². The molecule has 0 amide bonds. The number of hydrogen-bond donors (Lipinski definition) is 1. The highest BCUT2D eigenvalue weighted by atomic mass is 16.5. The average Bonchev–Trinajstić information content (AvgIpc) is 3.03. The summed E-state index contributed by atoms with van der Waals surface area (Å²) < 4.78 is 10.9. The fraction of sp³-hybridized carbons (Fsp3) is 0.541. The van der Waals surface area contributed by atoms with Crippen LogP contribution in [-0.4, -0.2) is 38.0 Å². The van der Waals surface area contributed by atoms with Gasteiger partial charge in [-0.25, -0.2) is 4.79 Å². The molecule has 4 rings (SSSR count). The number of aliphatic hydroxyl groups is 1. The number of ether oxygens (including phenoxy) is 2. The predicted octanol–water partition coefficient (Wildman–Crippen LogP) is 8.61. The lowest BCUT2D eigenvalue weighted by atomic mass is 9.74. The van der Waals surface area contributed by atoms with Gasteiger partial charge < -0.3 is 14.6 Å². The number of aliphatic hydroxyl groups excluding tert-OH is 1. The van der Waals surface area contributed by atoms with Gasteiger partial charge >= 0.3 is 5.97 Å². The standard InChI is InChI=1S/C37H50O4/c1-4-5-6-7-28-8-10-29(11-9-28)30-12-14-31(15-13-30)32-16-18-33(19-17-32)34-20-22-35(23-21-34)36(25-40-3)26-41-37(39)27(2)24-38/h4-5,12-19,28-29,34-36,38H,2,6-11,20-26H2,1,3H3/b5-4+. The van der Waals surface area contributed by atoms with Crippen LogP contribution in [0.2, 0.25) is 0 Å². The van der Waals surface area contributed by atoms with Crippen molar-refractivity contribution < 1.29 is 19.4 Å². The van der Waals surface area contributed by atoms with E-state index in [9.17, 15) is 4.79 Å². The maximum Gasteiger partial charge on any atom is 0.335 e. The summed E-state index contributed by atoms with van der Waals surface area (Å²) in [6.45, 7) is 6.18. The molecular weight excluding hydrogens is 508 g/mol. The molecule has 0 spiro atoms. The lowest BCUT2D eigenvalue weighted by Crippen LogP contribution is -2.29. The molecule has 41 heavy (non-hydrogen) atoms. The molecule has 0 aliphatic heterocycles. The number of hydrogen-bond acceptors (Lipinski definition) is 4. The number of carbonyl (C=O) groups is 1. The highest BCUT2D eigenvalue weighted by molar-refractivity contribution is 5.87. The Labute approximate surface area is 247 Å². The van der Waals surface area contributed by atoms with Crippen molar-refractivity contribution in [3.05, 3.63) is 84.0 Å². The third-order valence-electron chi connectivity index (χ3n) is 9.65. The maximum atomic E-state index is 11.9. The second kappa shape index (κ2) is 16.1. The van der Waals surface area contributed by atoms with Crippen LogP contribution in [0, 0.1) is 17.8 Å². The van der Waals surface area contributed by atoms with Gasteiger partial charge in [-0.3, -0.25) is 0 Å². The van der Waals surface area contributed by atoms with Crippen LogP contribution < -0.4 is 0 Å². The molecule has 2 aliphatic carbocycles. The van der Waals surface area contributed by atoms with Crippen molar-refractivity contribution in [2.75, 3.05) is 26.9 Å². The Balaban J connectivity index is 1.26. The zero-order valence-electron chi connectivity index (χ0n) is 25.2. The predicted molar refractivity (Wildman–Crippen MR) is 168 cm³/mol. The van der Waals surface area contributed by atoms with Crippen LogP contribution in [0.5, 0.6) is 0 Å². The topological polar surface area (TPSA) is 55.8 Å². The van der Waals surface area contributed by atoms with Crippen LogP contribution in [0.3, 0.4) is 0 Å². The minimum atomic E-state index is -0.518. The summed E-state index contributed by atoms with van der Waals surface area (Å²) >= 11 is 0. The van der Waals surface area contributed by atoms with Gasteiger partial charge in [0.2, 0.25) is 0 Å². The zero-order valence-corrected chi connectivity index (χ0v) is 25.2. The molecular formula is C37H50O4. The highest BCUT2D eigenvalue weighted by Gasteiger charge is 2.29. The molecule has 0 radical (unpaired) electrons. The van der Waals surface area contributed by atoms with E-state index >= 15 is 0 Å². The number of methoxy groups -OCH3 is 1. The molecule has 2 aromatic rings. The first-order valence-electron chi connectivity index (χ1n) is 15.8. The van der Waals surface area contributed by atoms with Crippen LogP contribution in [0.4, 0.5) is 0 Å². The second-order valence-corrected chi connectivity index (χ2v) is 12.3. The first kappa shape index (κ1) is 31.3. The van der Waals surface area contributed by atoms with Gasteiger partial charge in [0, 0.05) is 13.0 Å². The van der Waals surface area contributed by atoms with E-state index in [1.807, 2.05) is 0 Å². The van der Waals surface area contributed by atoms with Crippen molar-refractivity contribution in [2.24, 2.45) is 17.8 Å². The number of allylic oxidation sites excluding steroid dienone is 2. The van der Waals surface area contributed by atoms with Gasteiger partial charge in [-0.05, 0) is 117 Å². The molecule has 4 heteroatoms. The largest absolute Gasteiger partial charge is 0.462 e. The first-order chi connectivity index (χ1) is 20.0. The van der Waals surface area contributed by atoms with Crippen molar-refractivity contribution in [3.63, 3.8) is 0 Å². The fourth-order valence-electron chi connectivity index (χ4n) is 6.99. The average molecular weight is 559 g/mol. The summed E-state index contributed by atoms with van der Waals surface area (Å²) in [6, 6.07) is 18.6. The van der Waals surface area contributed by atoms with Gasteiger partial charge in [-0.2, -0.15) is 0 Å². The van der Waals surface area contributed by atoms with E-state index in [-0.39, 0.29) is 18.1 Å². The summed E-state index contributed by atoms with van der Waals surface area (Å²) in [7, 11) is 1.70. The molecule has 1 atom stereocenters. The van der Waals surface area contributed by atoms with E-state index in [1.54, 1.807) is 7.11 Å². The summed E-state index contributed by atoms with van der Waals surface area (Å²) in [5, 5.41) is 9.11.